The van der Waals surface area contributed by atoms with Crippen LogP contribution in [0.5, 0.6) is 0 Å². The summed E-state index contributed by atoms with van der Waals surface area (Å²) in [7, 11) is 3.76. The van der Waals surface area contributed by atoms with E-state index in [2.05, 4.69) is 5.32 Å². The molecule has 1 N–H and O–H groups in total. The van der Waals surface area contributed by atoms with E-state index in [0.29, 0.717) is 0 Å². The Balaban J connectivity index is 2.29. The topological polar surface area (TPSA) is 21.3 Å². The number of nitrogens with one attached hydrogen (secondary N) is 1. The Morgan fingerprint density at radius 3 is 2.16 bits per heavy atom. The second-order valence-corrected chi connectivity index (χ2v) is 5.46. The molecule has 0 amide bonds. The van der Waals surface area contributed by atoms with Crippen LogP contribution in [-0.2, 0) is 4.74 Å². The van der Waals surface area contributed by atoms with Crippen LogP contribution in [0.3, 0.4) is 0 Å². The van der Waals surface area contributed by atoms with Crippen LogP contribution in [0.4, 0.5) is 4.39 Å². The van der Waals surface area contributed by atoms with E-state index in [9.17, 15) is 4.39 Å². The number of methoxy groups -OCH3 is 1. The van der Waals surface area contributed by atoms with Crippen LogP contribution in [-0.4, -0.2) is 19.8 Å². The molecule has 0 heterocycles. The number of hydrogen-bond acceptors (Lipinski definition) is 2. The van der Waals surface area contributed by atoms with E-state index in [0.717, 1.165) is 18.4 Å². The zero-order valence-electron chi connectivity index (χ0n) is 11.9. The molecule has 19 heavy (non-hydrogen) atoms. The summed E-state index contributed by atoms with van der Waals surface area (Å²) in [6.07, 6.45) is 7.09. The maximum atomic E-state index is 13.1. The van der Waals surface area contributed by atoms with Crippen molar-refractivity contribution in [1.82, 2.24) is 5.32 Å². The normalized spacial score (nSPS) is 20.8. The lowest BCUT2D eigenvalue weighted by Gasteiger charge is -2.39. The molecular weight excluding hydrogens is 241 g/mol. The molecule has 0 bridgehead atoms. The highest BCUT2D eigenvalue weighted by Gasteiger charge is 2.39. The van der Waals surface area contributed by atoms with Crippen LogP contribution < -0.4 is 5.32 Å². The highest BCUT2D eigenvalue weighted by atomic mass is 19.1. The van der Waals surface area contributed by atoms with Crippen LogP contribution in [0.1, 0.15) is 50.1 Å². The third-order valence-electron chi connectivity index (χ3n) is 4.37. The highest BCUT2D eigenvalue weighted by molar-refractivity contribution is 5.23. The van der Waals surface area contributed by atoms with Crippen molar-refractivity contribution < 1.29 is 9.13 Å². The fourth-order valence-electron chi connectivity index (χ4n) is 3.33. The lowest BCUT2D eigenvalue weighted by atomic mass is 9.82. The van der Waals surface area contributed by atoms with Crippen LogP contribution in [0.25, 0.3) is 0 Å². The monoisotopic (exact) mass is 265 g/mol. The molecule has 1 atom stereocenters. The lowest BCUT2D eigenvalue weighted by Crippen LogP contribution is -2.44. The number of benzene rings is 1. The van der Waals surface area contributed by atoms with Crippen molar-refractivity contribution in [3.8, 4) is 0 Å². The summed E-state index contributed by atoms with van der Waals surface area (Å²) in [4.78, 5) is 0. The van der Waals surface area contributed by atoms with Gasteiger partial charge in [0.1, 0.15) is 5.82 Å². The summed E-state index contributed by atoms with van der Waals surface area (Å²) in [6.45, 7) is 0. The van der Waals surface area contributed by atoms with Crippen LogP contribution in [0.2, 0.25) is 0 Å². The molecule has 0 aromatic heterocycles. The van der Waals surface area contributed by atoms with Gasteiger partial charge in [0, 0.05) is 7.11 Å². The van der Waals surface area contributed by atoms with Gasteiger partial charge in [0.2, 0.25) is 0 Å². The summed E-state index contributed by atoms with van der Waals surface area (Å²) in [5.74, 6) is -0.189. The Labute approximate surface area is 115 Å². The van der Waals surface area contributed by atoms with Gasteiger partial charge in [-0.2, -0.15) is 0 Å². The first-order valence-electron chi connectivity index (χ1n) is 7.20. The summed E-state index contributed by atoms with van der Waals surface area (Å²) in [5.41, 5.74) is 0.941. The standard InChI is InChI=1S/C16H24FNO/c1-18-15(13-7-9-14(17)10-8-13)16(19-2)11-5-3-4-6-12-16/h7-10,15,18H,3-6,11-12H2,1-2H3. The van der Waals surface area contributed by atoms with Gasteiger partial charge in [0.25, 0.3) is 0 Å². The van der Waals surface area contributed by atoms with E-state index in [1.54, 1.807) is 7.11 Å². The molecule has 1 aliphatic rings. The molecule has 2 nitrogen and oxygen atoms in total. The minimum Gasteiger partial charge on any atom is -0.376 e. The van der Waals surface area contributed by atoms with E-state index >= 15 is 0 Å². The predicted molar refractivity (Wildman–Crippen MR) is 75.6 cm³/mol. The molecule has 0 saturated heterocycles. The first-order chi connectivity index (χ1) is 9.22. The Morgan fingerprint density at radius 2 is 1.68 bits per heavy atom. The summed E-state index contributed by atoms with van der Waals surface area (Å²) < 4.78 is 19.0. The van der Waals surface area contributed by atoms with Gasteiger partial charge in [-0.15, -0.1) is 0 Å². The van der Waals surface area contributed by atoms with Gasteiger partial charge in [-0.05, 0) is 37.6 Å². The van der Waals surface area contributed by atoms with Crippen molar-refractivity contribution in [1.29, 1.82) is 0 Å². The van der Waals surface area contributed by atoms with Crippen molar-refractivity contribution in [2.24, 2.45) is 0 Å². The van der Waals surface area contributed by atoms with Gasteiger partial charge in [-0.3, -0.25) is 0 Å². The SMILES string of the molecule is CNC(c1ccc(F)cc1)C1(OC)CCCCCC1. The minimum atomic E-state index is -0.189. The fraction of sp³-hybridized carbons (Fsp3) is 0.625. The highest BCUT2D eigenvalue weighted by Crippen LogP contribution is 2.40. The average Bonchev–Trinajstić information content (AvgIpc) is 2.68. The van der Waals surface area contributed by atoms with E-state index in [4.69, 9.17) is 4.74 Å². The Kier molecular flexibility index (Phi) is 4.94. The zero-order chi connectivity index (χ0) is 13.7. The number of hydrogen-bond donors (Lipinski definition) is 1. The predicted octanol–water partition coefficient (Wildman–Crippen LogP) is 3.83. The van der Waals surface area contributed by atoms with Gasteiger partial charge in [0.15, 0.2) is 0 Å². The number of ether oxygens (including phenoxy) is 1. The molecule has 1 aromatic carbocycles. The molecule has 1 aromatic rings. The van der Waals surface area contributed by atoms with Crippen LogP contribution in [0, 0.1) is 5.82 Å². The molecular formula is C16H24FNO. The Bertz CT molecular complexity index is 382. The number of rotatable bonds is 4. The van der Waals surface area contributed by atoms with E-state index in [1.807, 2.05) is 19.2 Å². The number of halogens is 1. The molecule has 2 rings (SSSR count). The van der Waals surface area contributed by atoms with Crippen molar-refractivity contribution in [3.05, 3.63) is 35.6 Å². The second kappa shape index (κ2) is 6.49. The molecule has 1 unspecified atom stereocenters. The Hall–Kier alpha value is -0.930. The minimum absolute atomic E-state index is 0.121. The first-order valence-corrected chi connectivity index (χ1v) is 7.20. The molecule has 0 aliphatic heterocycles. The summed E-state index contributed by atoms with van der Waals surface area (Å²) >= 11 is 0. The largest absolute Gasteiger partial charge is 0.376 e. The maximum absolute atomic E-state index is 13.1. The van der Waals surface area contributed by atoms with E-state index < -0.39 is 0 Å². The quantitative estimate of drug-likeness (QED) is 0.835. The molecule has 106 valence electrons. The smallest absolute Gasteiger partial charge is 0.123 e. The van der Waals surface area contributed by atoms with Gasteiger partial charge < -0.3 is 10.1 Å². The second-order valence-electron chi connectivity index (χ2n) is 5.46. The fourth-order valence-corrected chi connectivity index (χ4v) is 3.33. The van der Waals surface area contributed by atoms with Crippen molar-refractivity contribution in [2.75, 3.05) is 14.2 Å². The summed E-state index contributed by atoms with van der Waals surface area (Å²) in [5, 5.41) is 3.38. The molecule has 3 heteroatoms. The molecule has 1 saturated carbocycles. The van der Waals surface area contributed by atoms with Gasteiger partial charge in [0.05, 0.1) is 11.6 Å². The zero-order valence-corrected chi connectivity index (χ0v) is 11.9. The third kappa shape index (κ3) is 3.15. The number of likely N-dealkylation sites (N-methyl/N-ethyl adjacent to an activating group) is 1. The van der Waals surface area contributed by atoms with Crippen LogP contribution >= 0.6 is 0 Å². The average molecular weight is 265 g/mol. The third-order valence-corrected chi connectivity index (χ3v) is 4.37. The lowest BCUT2D eigenvalue weighted by molar-refractivity contribution is -0.0523. The van der Waals surface area contributed by atoms with Gasteiger partial charge >= 0.3 is 0 Å². The van der Waals surface area contributed by atoms with Crippen molar-refractivity contribution in [2.45, 2.75) is 50.2 Å². The van der Waals surface area contributed by atoms with Gasteiger partial charge in [-0.1, -0.05) is 37.8 Å². The summed E-state index contributed by atoms with van der Waals surface area (Å²) in [6, 6.07) is 6.90. The van der Waals surface area contributed by atoms with Crippen molar-refractivity contribution in [3.63, 3.8) is 0 Å². The molecule has 0 radical (unpaired) electrons. The molecule has 1 fully saturated rings. The first kappa shape index (κ1) is 14.5. The molecule has 1 aliphatic carbocycles. The molecule has 0 spiro atoms. The van der Waals surface area contributed by atoms with E-state index in [-0.39, 0.29) is 17.5 Å². The Morgan fingerprint density at radius 1 is 1.11 bits per heavy atom. The van der Waals surface area contributed by atoms with Crippen molar-refractivity contribution >= 4 is 0 Å². The maximum Gasteiger partial charge on any atom is 0.123 e. The van der Waals surface area contributed by atoms with Crippen LogP contribution in [0.15, 0.2) is 24.3 Å². The van der Waals surface area contributed by atoms with Gasteiger partial charge in [-0.25, -0.2) is 4.39 Å². The van der Waals surface area contributed by atoms with E-state index in [1.165, 1.54) is 37.8 Å².